The van der Waals surface area contributed by atoms with E-state index in [0.29, 0.717) is 29.7 Å². The number of carbonyl (C=O) groups excluding carboxylic acids is 1. The number of likely N-dealkylation sites (N-methyl/N-ethyl adjacent to an activating group) is 1. The highest BCUT2D eigenvalue weighted by molar-refractivity contribution is 6.35. The van der Waals surface area contributed by atoms with E-state index >= 15 is 0 Å². The van der Waals surface area contributed by atoms with Gasteiger partial charge in [0.1, 0.15) is 0 Å². The van der Waals surface area contributed by atoms with Gasteiger partial charge in [-0.1, -0.05) is 29.3 Å². The van der Waals surface area contributed by atoms with Crippen LogP contribution in [0.3, 0.4) is 0 Å². The predicted molar refractivity (Wildman–Crippen MR) is 76.8 cm³/mol. The van der Waals surface area contributed by atoms with Crippen LogP contribution in [-0.2, 0) is 4.79 Å². The highest BCUT2D eigenvalue weighted by Gasteiger charge is 2.06. The van der Waals surface area contributed by atoms with E-state index in [-0.39, 0.29) is 5.91 Å². The van der Waals surface area contributed by atoms with Gasteiger partial charge < -0.3 is 10.6 Å². The van der Waals surface area contributed by atoms with Gasteiger partial charge >= 0.3 is 0 Å². The summed E-state index contributed by atoms with van der Waals surface area (Å²) in [5.41, 5.74) is 6.20. The van der Waals surface area contributed by atoms with E-state index in [9.17, 15) is 4.79 Å². The van der Waals surface area contributed by atoms with Crippen molar-refractivity contribution < 1.29 is 4.79 Å². The van der Waals surface area contributed by atoms with E-state index in [4.69, 9.17) is 28.9 Å². The molecule has 0 saturated carbocycles. The second-order valence-corrected chi connectivity index (χ2v) is 4.55. The summed E-state index contributed by atoms with van der Waals surface area (Å²) in [6.07, 6.45) is 3.18. The van der Waals surface area contributed by atoms with Gasteiger partial charge in [-0.15, -0.1) is 0 Å². The summed E-state index contributed by atoms with van der Waals surface area (Å²) in [6, 6.07) is 5.15. The Morgan fingerprint density at radius 1 is 1.44 bits per heavy atom. The first kappa shape index (κ1) is 15.0. The second kappa shape index (κ2) is 7.41. The Labute approximate surface area is 117 Å². The Hall–Kier alpha value is -1.03. The largest absolute Gasteiger partial charge is 0.338 e. The fourth-order valence-corrected chi connectivity index (χ4v) is 1.95. The van der Waals surface area contributed by atoms with Gasteiger partial charge in [-0.05, 0) is 30.7 Å². The van der Waals surface area contributed by atoms with Crippen molar-refractivity contribution in [1.82, 2.24) is 4.90 Å². The molecule has 0 unspecified atom stereocenters. The molecule has 1 aromatic carbocycles. The smallest absolute Gasteiger partial charge is 0.246 e. The lowest BCUT2D eigenvalue weighted by Gasteiger charge is -2.17. The van der Waals surface area contributed by atoms with Gasteiger partial charge in [0, 0.05) is 35.8 Å². The van der Waals surface area contributed by atoms with E-state index in [0.717, 1.165) is 5.56 Å². The first-order valence-corrected chi connectivity index (χ1v) is 6.46. The maximum Gasteiger partial charge on any atom is 0.246 e. The van der Waals surface area contributed by atoms with Crippen LogP contribution in [0.5, 0.6) is 0 Å². The molecule has 5 heteroatoms. The number of hydrogen-bond acceptors (Lipinski definition) is 2. The number of halogens is 2. The first-order chi connectivity index (χ1) is 8.58. The Morgan fingerprint density at radius 2 is 2.17 bits per heavy atom. The SMILES string of the molecule is CCN(CCN)C(=O)/C=C/c1ccc(Cl)cc1Cl. The molecular formula is C13H16Cl2N2O. The Morgan fingerprint density at radius 3 is 2.72 bits per heavy atom. The molecular weight excluding hydrogens is 271 g/mol. The summed E-state index contributed by atoms with van der Waals surface area (Å²) in [6.45, 7) is 3.55. The van der Waals surface area contributed by atoms with E-state index in [1.165, 1.54) is 6.08 Å². The molecule has 0 aliphatic rings. The number of benzene rings is 1. The maximum atomic E-state index is 11.8. The molecule has 1 rings (SSSR count). The number of rotatable bonds is 5. The molecule has 0 radical (unpaired) electrons. The molecule has 0 heterocycles. The fraction of sp³-hybridized carbons (Fsp3) is 0.308. The van der Waals surface area contributed by atoms with Gasteiger partial charge in [-0.25, -0.2) is 0 Å². The topological polar surface area (TPSA) is 46.3 Å². The minimum absolute atomic E-state index is 0.0750. The van der Waals surface area contributed by atoms with Crippen molar-refractivity contribution in [2.75, 3.05) is 19.6 Å². The normalized spacial score (nSPS) is 10.9. The molecule has 0 spiro atoms. The quantitative estimate of drug-likeness (QED) is 0.846. The first-order valence-electron chi connectivity index (χ1n) is 5.70. The van der Waals surface area contributed by atoms with Crippen LogP contribution >= 0.6 is 23.2 Å². The second-order valence-electron chi connectivity index (χ2n) is 3.71. The van der Waals surface area contributed by atoms with Gasteiger partial charge in [-0.3, -0.25) is 4.79 Å². The van der Waals surface area contributed by atoms with Crippen molar-refractivity contribution in [2.24, 2.45) is 5.73 Å². The van der Waals surface area contributed by atoms with Crippen LogP contribution in [0.2, 0.25) is 10.0 Å². The average Bonchev–Trinajstić information content (AvgIpc) is 2.34. The molecule has 1 amide bonds. The lowest BCUT2D eigenvalue weighted by Crippen LogP contribution is -2.33. The fourth-order valence-electron chi connectivity index (χ4n) is 1.48. The predicted octanol–water partition coefficient (Wildman–Crippen LogP) is 2.81. The van der Waals surface area contributed by atoms with E-state index in [1.807, 2.05) is 6.92 Å². The summed E-state index contributed by atoms with van der Waals surface area (Å²) in [5, 5.41) is 1.09. The minimum atomic E-state index is -0.0750. The zero-order valence-electron chi connectivity index (χ0n) is 10.2. The van der Waals surface area contributed by atoms with Crippen LogP contribution < -0.4 is 5.73 Å². The van der Waals surface area contributed by atoms with Crippen LogP contribution in [0, 0.1) is 0 Å². The minimum Gasteiger partial charge on any atom is -0.338 e. The van der Waals surface area contributed by atoms with Crippen molar-refractivity contribution in [2.45, 2.75) is 6.92 Å². The third-order valence-electron chi connectivity index (χ3n) is 2.46. The summed E-state index contributed by atoms with van der Waals surface area (Å²) in [7, 11) is 0. The molecule has 0 saturated heterocycles. The number of nitrogens with two attached hydrogens (primary N) is 1. The Kier molecular flexibility index (Phi) is 6.19. The van der Waals surface area contributed by atoms with Crippen LogP contribution in [0.4, 0.5) is 0 Å². The zero-order valence-corrected chi connectivity index (χ0v) is 11.7. The molecule has 2 N–H and O–H groups in total. The Bertz CT molecular complexity index is 447. The molecule has 0 atom stereocenters. The number of nitrogens with zero attached hydrogens (tertiary/aromatic N) is 1. The van der Waals surface area contributed by atoms with Gasteiger partial charge in [0.2, 0.25) is 5.91 Å². The number of amides is 1. The van der Waals surface area contributed by atoms with Crippen LogP contribution in [0.1, 0.15) is 12.5 Å². The lowest BCUT2D eigenvalue weighted by molar-refractivity contribution is -0.125. The van der Waals surface area contributed by atoms with Crippen LogP contribution in [0.15, 0.2) is 24.3 Å². The van der Waals surface area contributed by atoms with Gasteiger partial charge in [0.25, 0.3) is 0 Å². The van der Waals surface area contributed by atoms with Crippen LogP contribution in [0.25, 0.3) is 6.08 Å². The Balaban J connectivity index is 2.76. The number of hydrogen-bond donors (Lipinski definition) is 1. The molecule has 1 aromatic rings. The molecule has 3 nitrogen and oxygen atoms in total. The van der Waals surface area contributed by atoms with Crippen molar-refractivity contribution in [3.8, 4) is 0 Å². The van der Waals surface area contributed by atoms with Gasteiger partial charge in [0.15, 0.2) is 0 Å². The lowest BCUT2D eigenvalue weighted by atomic mass is 10.2. The molecule has 0 fully saturated rings. The van der Waals surface area contributed by atoms with Crippen molar-refractivity contribution in [3.05, 3.63) is 39.9 Å². The maximum absolute atomic E-state index is 11.8. The third-order valence-corrected chi connectivity index (χ3v) is 3.02. The van der Waals surface area contributed by atoms with E-state index in [2.05, 4.69) is 0 Å². The highest BCUT2D eigenvalue weighted by atomic mass is 35.5. The monoisotopic (exact) mass is 286 g/mol. The summed E-state index contributed by atoms with van der Waals surface area (Å²) >= 11 is 11.8. The molecule has 0 bridgehead atoms. The average molecular weight is 287 g/mol. The van der Waals surface area contributed by atoms with E-state index in [1.54, 1.807) is 29.2 Å². The van der Waals surface area contributed by atoms with Crippen molar-refractivity contribution >= 4 is 35.2 Å². The zero-order chi connectivity index (χ0) is 13.5. The van der Waals surface area contributed by atoms with Crippen molar-refractivity contribution in [1.29, 1.82) is 0 Å². The molecule has 98 valence electrons. The molecule has 0 aromatic heterocycles. The standard InChI is InChI=1S/C13H16Cl2N2O/c1-2-17(8-7-16)13(18)6-4-10-3-5-11(14)9-12(10)15/h3-6,9H,2,7-8,16H2,1H3/b6-4+. The molecule has 0 aliphatic carbocycles. The third kappa shape index (κ3) is 4.33. The van der Waals surface area contributed by atoms with E-state index < -0.39 is 0 Å². The summed E-state index contributed by atoms with van der Waals surface area (Å²) in [5.74, 6) is -0.0750. The number of carbonyl (C=O) groups is 1. The highest BCUT2D eigenvalue weighted by Crippen LogP contribution is 2.21. The van der Waals surface area contributed by atoms with Crippen molar-refractivity contribution in [3.63, 3.8) is 0 Å². The summed E-state index contributed by atoms with van der Waals surface area (Å²) in [4.78, 5) is 13.5. The molecule has 0 aliphatic heterocycles. The molecule has 18 heavy (non-hydrogen) atoms. The summed E-state index contributed by atoms with van der Waals surface area (Å²) < 4.78 is 0. The van der Waals surface area contributed by atoms with Crippen LogP contribution in [-0.4, -0.2) is 30.4 Å². The van der Waals surface area contributed by atoms with Gasteiger partial charge in [-0.2, -0.15) is 0 Å². The van der Waals surface area contributed by atoms with Gasteiger partial charge in [0.05, 0.1) is 0 Å².